The highest BCUT2D eigenvalue weighted by molar-refractivity contribution is 6.24. The molecule has 188 valence electrons. The molecule has 11 heteroatoms. The molecule has 0 aliphatic carbocycles. The van der Waals surface area contributed by atoms with Crippen molar-refractivity contribution in [2.45, 2.75) is 12.3 Å². The summed E-state index contributed by atoms with van der Waals surface area (Å²) in [5, 5.41) is 12.0. The normalized spacial score (nSPS) is 14.5. The summed E-state index contributed by atoms with van der Waals surface area (Å²) in [6.45, 7) is 0.599. The largest absolute Gasteiger partial charge is 0.350 e. The summed E-state index contributed by atoms with van der Waals surface area (Å²) < 4.78 is 1.12. The maximum atomic E-state index is 13.4. The van der Waals surface area contributed by atoms with Crippen LogP contribution < -0.4 is 4.90 Å². The number of nitrogens with zero attached hydrogens (tertiary/aromatic N) is 4. The van der Waals surface area contributed by atoms with Gasteiger partial charge < -0.3 is 9.88 Å². The van der Waals surface area contributed by atoms with Crippen LogP contribution in [0.1, 0.15) is 38.0 Å². The monoisotopic (exact) mass is 537 g/mol. The highest BCUT2D eigenvalue weighted by Crippen LogP contribution is 2.40. The van der Waals surface area contributed by atoms with E-state index < -0.39 is 4.92 Å². The lowest BCUT2D eigenvalue weighted by molar-refractivity contribution is -0.384. The standard InChI is InChI=1S/C26H21Cl2N5O4/c27-14-18-15-31(24-13-20(33(36)37)6-7-21(18)24)26(35)23-11-16-4-5-17(12-22(16)30-23)25(34)32(28)10-8-19-3-1-2-9-29-19/h1-7,9,11-13,18,30H,8,10,14-15H2. The lowest BCUT2D eigenvalue weighted by atomic mass is 10.0. The van der Waals surface area contributed by atoms with Gasteiger partial charge in [0.15, 0.2) is 0 Å². The lowest BCUT2D eigenvalue weighted by Gasteiger charge is -2.16. The fourth-order valence-electron chi connectivity index (χ4n) is 4.49. The van der Waals surface area contributed by atoms with E-state index in [1.165, 1.54) is 17.0 Å². The zero-order valence-corrected chi connectivity index (χ0v) is 20.9. The Labute approximate surface area is 221 Å². The predicted octanol–water partition coefficient (Wildman–Crippen LogP) is 5.29. The Bertz CT molecular complexity index is 1510. The first-order valence-electron chi connectivity index (χ1n) is 11.5. The molecule has 0 radical (unpaired) electrons. The van der Waals surface area contributed by atoms with Gasteiger partial charge in [0.05, 0.1) is 10.6 Å². The number of amides is 2. The number of anilines is 1. The van der Waals surface area contributed by atoms with Crippen molar-refractivity contribution in [1.29, 1.82) is 0 Å². The van der Waals surface area contributed by atoms with Gasteiger partial charge >= 0.3 is 0 Å². The van der Waals surface area contributed by atoms with Gasteiger partial charge in [0.25, 0.3) is 17.5 Å². The average molecular weight is 538 g/mol. The number of benzene rings is 2. The van der Waals surface area contributed by atoms with Crippen LogP contribution in [0.3, 0.4) is 0 Å². The van der Waals surface area contributed by atoms with E-state index in [0.717, 1.165) is 21.1 Å². The third-order valence-corrected chi connectivity index (χ3v) is 7.10. The van der Waals surface area contributed by atoms with Gasteiger partial charge in [-0.05, 0) is 42.0 Å². The number of non-ortho nitro benzene ring substituents is 1. The average Bonchev–Trinajstić information content (AvgIpc) is 3.52. The number of carbonyl (C=O) groups is 2. The summed E-state index contributed by atoms with van der Waals surface area (Å²) in [7, 11) is 0. The van der Waals surface area contributed by atoms with E-state index >= 15 is 0 Å². The van der Waals surface area contributed by atoms with Gasteiger partial charge in [-0.3, -0.25) is 29.1 Å². The topological polar surface area (TPSA) is 112 Å². The van der Waals surface area contributed by atoms with E-state index in [1.54, 1.807) is 36.5 Å². The molecular weight excluding hydrogens is 517 g/mol. The maximum Gasteiger partial charge on any atom is 0.274 e. The molecule has 1 N–H and O–H groups in total. The Kier molecular flexibility index (Phi) is 6.82. The Morgan fingerprint density at radius 2 is 2.00 bits per heavy atom. The third-order valence-electron chi connectivity index (χ3n) is 6.40. The number of nitro groups is 1. The molecule has 0 fully saturated rings. The van der Waals surface area contributed by atoms with Crippen molar-refractivity contribution in [3.05, 3.63) is 99.5 Å². The molecule has 1 aliphatic heterocycles. The van der Waals surface area contributed by atoms with E-state index in [1.807, 2.05) is 18.2 Å². The molecule has 1 atom stereocenters. The Morgan fingerprint density at radius 1 is 1.16 bits per heavy atom. The summed E-state index contributed by atoms with van der Waals surface area (Å²) in [5.74, 6) is -0.557. The number of aromatic nitrogens is 2. The van der Waals surface area contributed by atoms with E-state index in [0.29, 0.717) is 35.4 Å². The van der Waals surface area contributed by atoms with Crippen LogP contribution in [0, 0.1) is 10.1 Å². The van der Waals surface area contributed by atoms with E-state index in [4.69, 9.17) is 23.4 Å². The number of halogens is 2. The minimum absolute atomic E-state index is 0.0970. The third kappa shape index (κ3) is 4.87. The summed E-state index contributed by atoms with van der Waals surface area (Å²) in [4.78, 5) is 45.9. The minimum atomic E-state index is -0.491. The molecule has 0 bridgehead atoms. The lowest BCUT2D eigenvalue weighted by Crippen LogP contribution is -2.30. The minimum Gasteiger partial charge on any atom is -0.350 e. The van der Waals surface area contributed by atoms with E-state index in [-0.39, 0.29) is 35.8 Å². The number of hydrogen-bond acceptors (Lipinski definition) is 5. The number of alkyl halides is 1. The molecule has 4 aromatic rings. The van der Waals surface area contributed by atoms with E-state index in [2.05, 4.69) is 9.97 Å². The molecule has 9 nitrogen and oxygen atoms in total. The number of fused-ring (bicyclic) bond motifs is 2. The van der Waals surface area contributed by atoms with Crippen LogP contribution in [0.2, 0.25) is 0 Å². The molecule has 0 saturated heterocycles. The maximum absolute atomic E-state index is 13.4. The zero-order valence-electron chi connectivity index (χ0n) is 19.4. The van der Waals surface area contributed by atoms with Gasteiger partial charge in [-0.15, -0.1) is 11.6 Å². The van der Waals surface area contributed by atoms with Gasteiger partial charge in [0, 0.05) is 83.6 Å². The Morgan fingerprint density at radius 3 is 2.73 bits per heavy atom. The highest BCUT2D eigenvalue weighted by Gasteiger charge is 2.34. The van der Waals surface area contributed by atoms with Crippen LogP contribution in [0.4, 0.5) is 11.4 Å². The number of pyridine rings is 1. The van der Waals surface area contributed by atoms with Crippen LogP contribution in [0.5, 0.6) is 0 Å². The second-order valence-corrected chi connectivity index (χ2v) is 9.43. The number of aromatic amines is 1. The molecular formula is C26H21Cl2N5O4. The first kappa shape index (κ1) is 24.7. The predicted molar refractivity (Wildman–Crippen MR) is 141 cm³/mol. The summed E-state index contributed by atoms with van der Waals surface area (Å²) in [5.41, 5.74) is 3.26. The Balaban J connectivity index is 1.36. The molecule has 1 aliphatic rings. The molecule has 3 heterocycles. The van der Waals surface area contributed by atoms with Crippen molar-refractivity contribution >= 4 is 57.5 Å². The zero-order chi connectivity index (χ0) is 26.1. The molecule has 2 aromatic heterocycles. The smallest absolute Gasteiger partial charge is 0.274 e. The fraction of sp³-hybridized carbons (Fsp3) is 0.192. The highest BCUT2D eigenvalue weighted by atomic mass is 35.5. The number of nitro benzene ring substituents is 1. The van der Waals surface area contributed by atoms with Crippen LogP contribution in [-0.4, -0.2) is 50.1 Å². The molecule has 37 heavy (non-hydrogen) atoms. The van der Waals surface area contributed by atoms with Crippen molar-refractivity contribution < 1.29 is 14.5 Å². The van der Waals surface area contributed by atoms with Crippen LogP contribution in [-0.2, 0) is 6.42 Å². The fourth-order valence-corrected chi connectivity index (χ4v) is 4.93. The van der Waals surface area contributed by atoms with Crippen LogP contribution in [0.25, 0.3) is 10.9 Å². The van der Waals surface area contributed by atoms with Crippen LogP contribution >= 0.6 is 23.4 Å². The number of hydrogen-bond donors (Lipinski definition) is 1. The van der Waals surface area contributed by atoms with Crippen molar-refractivity contribution in [1.82, 2.24) is 14.4 Å². The second kappa shape index (κ2) is 10.2. The second-order valence-electron chi connectivity index (χ2n) is 8.71. The summed E-state index contributed by atoms with van der Waals surface area (Å²) in [6, 6.07) is 16.8. The van der Waals surface area contributed by atoms with Gasteiger partial charge in [-0.25, -0.2) is 0 Å². The number of nitrogens with one attached hydrogen (secondary N) is 1. The quantitative estimate of drug-likeness (QED) is 0.149. The first-order valence-corrected chi connectivity index (χ1v) is 12.4. The molecule has 2 aromatic carbocycles. The van der Waals surface area contributed by atoms with E-state index in [9.17, 15) is 19.7 Å². The van der Waals surface area contributed by atoms with Gasteiger partial charge in [-0.2, -0.15) is 0 Å². The van der Waals surface area contributed by atoms with Gasteiger partial charge in [0.2, 0.25) is 0 Å². The first-order chi connectivity index (χ1) is 17.9. The molecule has 2 amide bonds. The van der Waals surface area contributed by atoms with Gasteiger partial charge in [-0.1, -0.05) is 12.1 Å². The molecule has 0 spiro atoms. The van der Waals surface area contributed by atoms with Gasteiger partial charge in [0.1, 0.15) is 5.69 Å². The van der Waals surface area contributed by atoms with Crippen molar-refractivity contribution in [2.24, 2.45) is 0 Å². The number of carbonyl (C=O) groups excluding carboxylic acids is 2. The number of rotatable bonds is 7. The number of H-pyrrole nitrogens is 1. The SMILES string of the molecule is O=C(c1ccc2cc(C(=O)N3CC(CCl)c4ccc([N+](=O)[O-])cc43)[nH]c2c1)N(Cl)CCc1ccccn1. The van der Waals surface area contributed by atoms with Crippen molar-refractivity contribution in [3.63, 3.8) is 0 Å². The Hall–Kier alpha value is -3.95. The molecule has 5 rings (SSSR count). The van der Waals surface area contributed by atoms with Crippen molar-refractivity contribution in [2.75, 3.05) is 23.9 Å². The van der Waals surface area contributed by atoms with Crippen molar-refractivity contribution in [3.8, 4) is 0 Å². The summed E-state index contributed by atoms with van der Waals surface area (Å²) >= 11 is 12.4. The van der Waals surface area contributed by atoms with Crippen LogP contribution in [0.15, 0.2) is 66.9 Å². The molecule has 0 saturated carbocycles. The summed E-state index contributed by atoms with van der Waals surface area (Å²) in [6.07, 6.45) is 2.20. The molecule has 1 unspecified atom stereocenters.